The van der Waals surface area contributed by atoms with E-state index in [0.717, 1.165) is 12.2 Å². The second-order valence-corrected chi connectivity index (χ2v) is 7.15. The Morgan fingerprint density at radius 2 is 1.90 bits per heavy atom. The van der Waals surface area contributed by atoms with Gasteiger partial charge in [-0.15, -0.1) is 0 Å². The summed E-state index contributed by atoms with van der Waals surface area (Å²) in [5.41, 5.74) is -0.412. The maximum atomic E-state index is 12.6. The molecule has 154 valence electrons. The lowest BCUT2D eigenvalue weighted by atomic mass is 9.77. The molecule has 0 aliphatic carbocycles. The van der Waals surface area contributed by atoms with Gasteiger partial charge in [-0.3, -0.25) is 4.79 Å². The van der Waals surface area contributed by atoms with E-state index in [0.29, 0.717) is 22.6 Å². The summed E-state index contributed by atoms with van der Waals surface area (Å²) in [7, 11) is 1.35. The van der Waals surface area contributed by atoms with E-state index in [2.05, 4.69) is 5.32 Å². The van der Waals surface area contributed by atoms with E-state index >= 15 is 0 Å². The molecule has 3 aromatic rings. The van der Waals surface area contributed by atoms with E-state index in [1.165, 1.54) is 7.11 Å². The fourth-order valence-corrected chi connectivity index (χ4v) is 3.86. The molecule has 1 amide bonds. The highest BCUT2D eigenvalue weighted by Crippen LogP contribution is 2.47. The molecule has 4 rings (SSSR count). The molecular formula is C24H23NO5. The van der Waals surface area contributed by atoms with Gasteiger partial charge in [-0.2, -0.15) is 0 Å². The van der Waals surface area contributed by atoms with Crippen LogP contribution in [0.4, 0.5) is 5.69 Å². The quantitative estimate of drug-likeness (QED) is 0.598. The zero-order chi connectivity index (χ0) is 21.3. The molecule has 0 radical (unpaired) electrons. The summed E-state index contributed by atoms with van der Waals surface area (Å²) < 4.78 is 11.0. The van der Waals surface area contributed by atoms with Gasteiger partial charge in [0.2, 0.25) is 0 Å². The summed E-state index contributed by atoms with van der Waals surface area (Å²) in [5.74, 6) is 0.903. The summed E-state index contributed by atoms with van der Waals surface area (Å²) in [6, 6.07) is 15.8. The minimum Gasteiger partial charge on any atom is -0.507 e. The normalized spacial score (nSPS) is 20.9. The number of fused-ring (bicyclic) bond motifs is 1. The van der Waals surface area contributed by atoms with E-state index in [1.54, 1.807) is 48.6 Å². The van der Waals surface area contributed by atoms with Crippen LogP contribution in [0.25, 0.3) is 12.2 Å². The number of aryl methyl sites for hydroxylation is 1. The van der Waals surface area contributed by atoms with Crippen LogP contribution in [0, 0.1) is 0 Å². The number of rotatable bonds is 5. The Labute approximate surface area is 174 Å². The number of anilines is 1. The summed E-state index contributed by atoms with van der Waals surface area (Å²) in [5, 5.41) is 25.6. The van der Waals surface area contributed by atoms with Crippen molar-refractivity contribution in [3.05, 3.63) is 82.8 Å². The molecule has 0 bridgehead atoms. The third kappa shape index (κ3) is 3.20. The molecular weight excluding hydrogens is 382 g/mol. The highest BCUT2D eigenvalue weighted by molar-refractivity contribution is 6.00. The van der Waals surface area contributed by atoms with E-state index < -0.39 is 17.6 Å². The fraction of sp³-hybridized carbons (Fsp3) is 0.208. The van der Waals surface area contributed by atoms with Crippen molar-refractivity contribution in [2.24, 2.45) is 0 Å². The van der Waals surface area contributed by atoms with Crippen molar-refractivity contribution in [1.82, 2.24) is 0 Å². The molecule has 0 saturated heterocycles. The van der Waals surface area contributed by atoms with Gasteiger partial charge in [0.25, 0.3) is 5.91 Å². The first-order chi connectivity index (χ1) is 14.5. The summed E-state index contributed by atoms with van der Waals surface area (Å²) in [6.45, 7) is 2.01. The minimum atomic E-state index is -1.86. The Morgan fingerprint density at radius 1 is 1.13 bits per heavy atom. The molecule has 30 heavy (non-hydrogen) atoms. The molecule has 3 N–H and O–H groups in total. The zero-order valence-electron chi connectivity index (χ0n) is 16.8. The highest BCUT2D eigenvalue weighted by atomic mass is 16.5. The number of ether oxygens (including phenoxy) is 1. The number of phenolic OH excluding ortho intramolecular Hbond substituents is 1. The van der Waals surface area contributed by atoms with E-state index in [1.807, 2.05) is 25.1 Å². The van der Waals surface area contributed by atoms with Crippen LogP contribution in [0.2, 0.25) is 0 Å². The number of carbonyl (C=O) groups is 1. The minimum absolute atomic E-state index is 0.139. The second-order valence-electron chi connectivity index (χ2n) is 7.15. The van der Waals surface area contributed by atoms with Gasteiger partial charge in [0.05, 0.1) is 11.3 Å². The first-order valence-corrected chi connectivity index (χ1v) is 9.73. The number of aliphatic hydroxyl groups is 1. The smallest absolute Gasteiger partial charge is 0.257 e. The third-order valence-electron chi connectivity index (χ3n) is 5.37. The number of phenols is 1. The number of furan rings is 1. The molecule has 1 aliphatic heterocycles. The maximum Gasteiger partial charge on any atom is 0.257 e. The number of benzene rings is 2. The number of nitrogens with one attached hydrogen (secondary N) is 1. The number of methoxy groups -OCH3 is 1. The lowest BCUT2D eigenvalue weighted by molar-refractivity contribution is -0.142. The van der Waals surface area contributed by atoms with Crippen LogP contribution in [0.3, 0.4) is 0 Å². The Balaban J connectivity index is 1.85. The number of aromatic hydroxyl groups is 1. The van der Waals surface area contributed by atoms with Crippen LogP contribution in [-0.2, 0) is 21.6 Å². The molecule has 6 nitrogen and oxygen atoms in total. The first kappa shape index (κ1) is 19.9. The zero-order valence-corrected chi connectivity index (χ0v) is 16.8. The molecule has 0 fully saturated rings. The van der Waals surface area contributed by atoms with Gasteiger partial charge in [-0.05, 0) is 42.0 Å². The van der Waals surface area contributed by atoms with Gasteiger partial charge < -0.3 is 24.7 Å². The van der Waals surface area contributed by atoms with Crippen LogP contribution in [-0.4, -0.2) is 29.3 Å². The van der Waals surface area contributed by atoms with Crippen molar-refractivity contribution < 1.29 is 24.2 Å². The van der Waals surface area contributed by atoms with Crippen LogP contribution in [0.5, 0.6) is 5.75 Å². The highest BCUT2D eigenvalue weighted by Gasteiger charge is 2.51. The number of hydrogen-bond donors (Lipinski definition) is 3. The average molecular weight is 405 g/mol. The van der Waals surface area contributed by atoms with Gasteiger partial charge in [0.1, 0.15) is 17.3 Å². The predicted molar refractivity (Wildman–Crippen MR) is 114 cm³/mol. The van der Waals surface area contributed by atoms with Gasteiger partial charge in [-0.25, -0.2) is 0 Å². The van der Waals surface area contributed by atoms with Gasteiger partial charge in [0.15, 0.2) is 11.7 Å². The van der Waals surface area contributed by atoms with Crippen molar-refractivity contribution in [2.75, 3.05) is 12.4 Å². The fourth-order valence-electron chi connectivity index (χ4n) is 3.86. The van der Waals surface area contributed by atoms with Crippen molar-refractivity contribution in [1.29, 1.82) is 0 Å². The van der Waals surface area contributed by atoms with E-state index in [9.17, 15) is 15.0 Å². The van der Waals surface area contributed by atoms with Crippen molar-refractivity contribution in [3.8, 4) is 5.75 Å². The molecule has 0 spiro atoms. The Morgan fingerprint density at radius 3 is 2.57 bits per heavy atom. The Kier molecular flexibility index (Phi) is 5.20. The largest absolute Gasteiger partial charge is 0.507 e. The van der Waals surface area contributed by atoms with Crippen LogP contribution in [0.15, 0.2) is 59.0 Å². The molecule has 6 heteroatoms. The van der Waals surface area contributed by atoms with E-state index in [4.69, 9.17) is 9.15 Å². The molecule has 1 aromatic heterocycles. The molecule has 0 saturated carbocycles. The number of amides is 1. The van der Waals surface area contributed by atoms with Crippen LogP contribution >= 0.6 is 0 Å². The maximum absolute atomic E-state index is 12.6. The topological polar surface area (TPSA) is 91.9 Å². The SMILES string of the molecule is CCc1ccc(C=Cc2ccc3c(c2O)C(O)(c2ccccc2)C(OC)C(=O)N3)o1. The Bertz CT molecular complexity index is 1100. The Hall–Kier alpha value is -3.35. The standard InChI is InChI=1S/C24H23NO5/c1-3-17-12-13-18(30-17)11-9-15-10-14-19-20(21(15)26)24(28,16-7-5-4-6-8-16)22(29-2)23(27)25-19/h4-14,22,26,28H,3H2,1-2H3,(H,25,27). The van der Waals surface area contributed by atoms with Gasteiger partial charge >= 0.3 is 0 Å². The summed E-state index contributed by atoms with van der Waals surface area (Å²) >= 11 is 0. The molecule has 2 aromatic carbocycles. The summed E-state index contributed by atoms with van der Waals surface area (Å²) in [4.78, 5) is 12.6. The van der Waals surface area contributed by atoms with Crippen molar-refractivity contribution in [3.63, 3.8) is 0 Å². The summed E-state index contributed by atoms with van der Waals surface area (Å²) in [6.07, 6.45) is 3.02. The molecule has 2 unspecified atom stereocenters. The van der Waals surface area contributed by atoms with E-state index in [-0.39, 0.29) is 11.3 Å². The third-order valence-corrected chi connectivity index (χ3v) is 5.37. The molecule has 1 aliphatic rings. The lowest BCUT2D eigenvalue weighted by Crippen LogP contribution is -2.52. The second kappa shape index (κ2) is 7.82. The molecule has 2 atom stereocenters. The van der Waals surface area contributed by atoms with Gasteiger partial charge in [0, 0.05) is 19.1 Å². The average Bonchev–Trinajstić information content (AvgIpc) is 3.22. The predicted octanol–water partition coefficient (Wildman–Crippen LogP) is 3.92. The van der Waals surface area contributed by atoms with Crippen LogP contribution < -0.4 is 5.32 Å². The number of hydrogen-bond acceptors (Lipinski definition) is 5. The van der Waals surface area contributed by atoms with Crippen molar-refractivity contribution >= 4 is 23.7 Å². The van der Waals surface area contributed by atoms with Gasteiger partial charge in [-0.1, -0.05) is 37.3 Å². The molecule has 2 heterocycles. The van der Waals surface area contributed by atoms with Crippen LogP contribution in [0.1, 0.15) is 35.1 Å². The monoisotopic (exact) mass is 405 g/mol. The number of carbonyl (C=O) groups excluding carboxylic acids is 1. The van der Waals surface area contributed by atoms with Crippen molar-refractivity contribution in [2.45, 2.75) is 25.0 Å². The lowest BCUT2D eigenvalue weighted by Gasteiger charge is -2.40. The first-order valence-electron chi connectivity index (χ1n) is 9.73.